The monoisotopic (exact) mass is 320 g/mol. The average Bonchev–Trinajstić information content (AvgIpc) is 3.02. The number of carbonyl (C=O) groups excluding carboxylic acids is 1. The molecule has 0 aliphatic heterocycles. The van der Waals surface area contributed by atoms with E-state index in [1.54, 1.807) is 18.7 Å². The van der Waals surface area contributed by atoms with Crippen LogP contribution in [0.2, 0.25) is 0 Å². The Kier molecular flexibility index (Phi) is 4.70. The van der Waals surface area contributed by atoms with Crippen LogP contribution < -0.4 is 5.32 Å². The number of carbonyl (C=O) groups is 1. The second kappa shape index (κ2) is 7.08. The molecule has 0 saturated heterocycles. The summed E-state index contributed by atoms with van der Waals surface area (Å²) in [5.74, 6) is 0.181. The minimum atomic E-state index is -0.0480. The van der Waals surface area contributed by atoms with Crippen LogP contribution in [0.15, 0.2) is 55.1 Å². The van der Waals surface area contributed by atoms with Gasteiger partial charge in [-0.1, -0.05) is 25.1 Å². The summed E-state index contributed by atoms with van der Waals surface area (Å²) in [5, 5.41) is 2.92. The first-order valence-corrected chi connectivity index (χ1v) is 7.92. The van der Waals surface area contributed by atoms with Crippen LogP contribution in [0, 0.1) is 6.92 Å². The van der Waals surface area contributed by atoms with Gasteiger partial charge < -0.3 is 10.3 Å². The Labute approximate surface area is 141 Å². The molecule has 0 aliphatic rings. The van der Waals surface area contributed by atoms with E-state index in [-0.39, 0.29) is 11.8 Å². The SMILES string of the molecule is Cc1nc[nH]c1[C@@H](C)c1ccc(NC(=O)Cc2cccnc2)cc1. The molecule has 0 spiro atoms. The molecule has 0 aliphatic carbocycles. The minimum absolute atomic E-state index is 0.0480. The lowest BCUT2D eigenvalue weighted by Gasteiger charge is -2.12. The van der Waals surface area contributed by atoms with Gasteiger partial charge in [0, 0.05) is 29.7 Å². The number of benzene rings is 1. The Morgan fingerprint density at radius 2 is 2.04 bits per heavy atom. The Balaban J connectivity index is 1.64. The third-order valence-electron chi connectivity index (χ3n) is 4.08. The predicted octanol–water partition coefficient (Wildman–Crippen LogP) is 3.45. The molecule has 0 unspecified atom stereocenters. The summed E-state index contributed by atoms with van der Waals surface area (Å²) in [6, 6.07) is 11.6. The standard InChI is InChI=1S/C19H20N4O/c1-13(19-14(2)21-12-22-19)16-5-7-17(8-6-16)23-18(24)10-15-4-3-9-20-11-15/h3-9,11-13H,10H2,1-2H3,(H,21,22)(H,23,24)/t13-/m0/s1. The van der Waals surface area contributed by atoms with Gasteiger partial charge in [-0.15, -0.1) is 0 Å². The Morgan fingerprint density at radius 3 is 2.67 bits per heavy atom. The molecule has 0 radical (unpaired) electrons. The van der Waals surface area contributed by atoms with E-state index in [1.807, 2.05) is 43.3 Å². The number of hydrogen-bond donors (Lipinski definition) is 2. The summed E-state index contributed by atoms with van der Waals surface area (Å²) < 4.78 is 0. The number of H-pyrrole nitrogens is 1. The molecule has 5 heteroatoms. The topological polar surface area (TPSA) is 70.7 Å². The van der Waals surface area contributed by atoms with Crippen molar-refractivity contribution in [3.8, 4) is 0 Å². The predicted molar refractivity (Wildman–Crippen MR) is 93.9 cm³/mol. The molecule has 24 heavy (non-hydrogen) atoms. The molecule has 0 saturated carbocycles. The van der Waals surface area contributed by atoms with Crippen molar-refractivity contribution in [2.24, 2.45) is 0 Å². The molecule has 1 aromatic carbocycles. The van der Waals surface area contributed by atoms with Crippen molar-refractivity contribution in [1.29, 1.82) is 0 Å². The third-order valence-corrected chi connectivity index (χ3v) is 4.08. The quantitative estimate of drug-likeness (QED) is 0.756. The van der Waals surface area contributed by atoms with Gasteiger partial charge in [0.25, 0.3) is 0 Å². The molecule has 0 bridgehead atoms. The maximum Gasteiger partial charge on any atom is 0.228 e. The lowest BCUT2D eigenvalue weighted by atomic mass is 9.96. The van der Waals surface area contributed by atoms with E-state index in [9.17, 15) is 4.79 Å². The fraction of sp³-hybridized carbons (Fsp3) is 0.211. The summed E-state index contributed by atoms with van der Waals surface area (Å²) >= 11 is 0. The summed E-state index contributed by atoms with van der Waals surface area (Å²) in [4.78, 5) is 23.5. The number of nitrogens with one attached hydrogen (secondary N) is 2. The maximum absolute atomic E-state index is 12.1. The zero-order chi connectivity index (χ0) is 16.9. The van der Waals surface area contributed by atoms with Gasteiger partial charge in [0.1, 0.15) is 0 Å². The van der Waals surface area contributed by atoms with Crippen LogP contribution >= 0.6 is 0 Å². The van der Waals surface area contributed by atoms with Crippen molar-refractivity contribution in [1.82, 2.24) is 15.0 Å². The number of aromatic nitrogens is 3. The van der Waals surface area contributed by atoms with E-state index in [2.05, 4.69) is 27.2 Å². The van der Waals surface area contributed by atoms with Crippen LogP contribution in [0.3, 0.4) is 0 Å². The first-order valence-electron chi connectivity index (χ1n) is 7.92. The highest BCUT2D eigenvalue weighted by atomic mass is 16.1. The van der Waals surface area contributed by atoms with Gasteiger partial charge in [-0.3, -0.25) is 9.78 Å². The maximum atomic E-state index is 12.1. The summed E-state index contributed by atoms with van der Waals surface area (Å²) in [5.41, 5.74) is 4.99. The number of anilines is 1. The van der Waals surface area contributed by atoms with Gasteiger partial charge >= 0.3 is 0 Å². The molecule has 1 amide bonds. The fourth-order valence-electron chi connectivity index (χ4n) is 2.73. The smallest absolute Gasteiger partial charge is 0.228 e. The minimum Gasteiger partial charge on any atom is -0.348 e. The van der Waals surface area contributed by atoms with E-state index in [0.29, 0.717) is 6.42 Å². The molecule has 2 aromatic heterocycles. The van der Waals surface area contributed by atoms with Crippen LogP contribution in [0.5, 0.6) is 0 Å². The number of hydrogen-bond acceptors (Lipinski definition) is 3. The number of rotatable bonds is 5. The zero-order valence-corrected chi connectivity index (χ0v) is 13.8. The van der Waals surface area contributed by atoms with Crippen molar-refractivity contribution in [3.63, 3.8) is 0 Å². The first kappa shape index (κ1) is 15.9. The Bertz CT molecular complexity index is 809. The van der Waals surface area contributed by atoms with Crippen LogP contribution in [-0.4, -0.2) is 20.9 Å². The second-order valence-electron chi connectivity index (χ2n) is 5.83. The summed E-state index contributed by atoms with van der Waals surface area (Å²) in [6.07, 6.45) is 5.44. The molecule has 3 aromatic rings. The molecule has 1 atom stereocenters. The highest BCUT2D eigenvalue weighted by Gasteiger charge is 2.13. The highest BCUT2D eigenvalue weighted by molar-refractivity contribution is 5.92. The van der Waals surface area contributed by atoms with E-state index >= 15 is 0 Å². The molecular formula is C19H20N4O. The van der Waals surface area contributed by atoms with Crippen molar-refractivity contribution in [2.75, 3.05) is 5.32 Å². The van der Waals surface area contributed by atoms with Gasteiger partial charge in [-0.2, -0.15) is 0 Å². The molecule has 0 fully saturated rings. The fourth-order valence-corrected chi connectivity index (χ4v) is 2.73. The number of amides is 1. The molecule has 2 heterocycles. The van der Waals surface area contributed by atoms with Gasteiger partial charge in [-0.05, 0) is 36.2 Å². The van der Waals surface area contributed by atoms with Gasteiger partial charge in [0.05, 0.1) is 18.4 Å². The molecule has 3 rings (SSSR count). The number of imidazole rings is 1. The summed E-state index contributed by atoms with van der Waals surface area (Å²) in [6.45, 7) is 4.13. The molecular weight excluding hydrogens is 300 g/mol. The van der Waals surface area contributed by atoms with E-state index < -0.39 is 0 Å². The largest absolute Gasteiger partial charge is 0.348 e. The summed E-state index contributed by atoms with van der Waals surface area (Å²) in [7, 11) is 0. The number of pyridine rings is 1. The second-order valence-corrected chi connectivity index (χ2v) is 5.83. The first-order chi connectivity index (χ1) is 11.6. The Morgan fingerprint density at radius 1 is 1.25 bits per heavy atom. The van der Waals surface area contributed by atoms with Crippen molar-refractivity contribution in [3.05, 3.63) is 77.6 Å². The lowest BCUT2D eigenvalue weighted by molar-refractivity contribution is -0.115. The molecule has 122 valence electrons. The van der Waals surface area contributed by atoms with Crippen molar-refractivity contribution >= 4 is 11.6 Å². The Hall–Kier alpha value is -2.95. The van der Waals surface area contributed by atoms with E-state index in [0.717, 1.165) is 22.6 Å². The number of aryl methyl sites for hydroxylation is 1. The third kappa shape index (κ3) is 3.68. The highest BCUT2D eigenvalue weighted by Crippen LogP contribution is 2.25. The van der Waals surface area contributed by atoms with Crippen molar-refractivity contribution < 1.29 is 4.79 Å². The lowest BCUT2D eigenvalue weighted by Crippen LogP contribution is -2.14. The molecule has 2 N–H and O–H groups in total. The van der Waals surface area contributed by atoms with E-state index in [4.69, 9.17) is 0 Å². The van der Waals surface area contributed by atoms with Gasteiger partial charge in [-0.25, -0.2) is 4.98 Å². The van der Waals surface area contributed by atoms with Gasteiger partial charge in [0.2, 0.25) is 5.91 Å². The van der Waals surface area contributed by atoms with Crippen LogP contribution in [0.25, 0.3) is 0 Å². The van der Waals surface area contributed by atoms with Gasteiger partial charge in [0.15, 0.2) is 0 Å². The van der Waals surface area contributed by atoms with Crippen LogP contribution in [0.1, 0.15) is 35.4 Å². The normalized spacial score (nSPS) is 11.9. The van der Waals surface area contributed by atoms with Crippen LogP contribution in [0.4, 0.5) is 5.69 Å². The van der Waals surface area contributed by atoms with Crippen molar-refractivity contribution in [2.45, 2.75) is 26.2 Å². The average molecular weight is 320 g/mol. The van der Waals surface area contributed by atoms with Crippen LogP contribution in [-0.2, 0) is 11.2 Å². The number of aromatic amines is 1. The number of nitrogens with zero attached hydrogens (tertiary/aromatic N) is 2. The zero-order valence-electron chi connectivity index (χ0n) is 13.8. The van der Waals surface area contributed by atoms with E-state index in [1.165, 1.54) is 5.56 Å². The molecule has 5 nitrogen and oxygen atoms in total.